The van der Waals surface area contributed by atoms with Crippen LogP contribution in [0.15, 0.2) is 12.1 Å². The van der Waals surface area contributed by atoms with Crippen molar-refractivity contribution in [3.63, 3.8) is 0 Å². The van der Waals surface area contributed by atoms with Gasteiger partial charge in [0.15, 0.2) is 17.6 Å². The lowest BCUT2D eigenvalue weighted by Crippen LogP contribution is -2.32. The molecule has 76 valence electrons. The Morgan fingerprint density at radius 2 is 1.93 bits per heavy atom. The lowest BCUT2D eigenvalue weighted by Gasteiger charge is -2.25. The van der Waals surface area contributed by atoms with Gasteiger partial charge in [0.05, 0.1) is 16.7 Å². The summed E-state index contributed by atoms with van der Waals surface area (Å²) in [4.78, 5) is 0. The molecule has 0 aliphatic carbocycles. The fourth-order valence-electron chi connectivity index (χ4n) is 1.20. The molecule has 1 aliphatic rings. The van der Waals surface area contributed by atoms with Gasteiger partial charge in [-0.3, -0.25) is 0 Å². The predicted octanol–water partition coefficient (Wildman–Crippen LogP) is 2.13. The van der Waals surface area contributed by atoms with Gasteiger partial charge in [-0.2, -0.15) is 0 Å². The van der Waals surface area contributed by atoms with Gasteiger partial charge in [-0.1, -0.05) is 23.2 Å². The maximum absolute atomic E-state index is 8.88. The number of hydrogen-bond acceptors (Lipinski definition) is 3. The molecule has 1 aromatic rings. The van der Waals surface area contributed by atoms with E-state index < -0.39 is 0 Å². The van der Waals surface area contributed by atoms with Crippen LogP contribution < -0.4 is 9.47 Å². The molecule has 1 N–H and O–H groups in total. The second-order valence-electron chi connectivity index (χ2n) is 2.95. The molecule has 1 aromatic carbocycles. The van der Waals surface area contributed by atoms with Crippen molar-refractivity contribution in [2.45, 2.75) is 6.10 Å². The molecule has 0 radical (unpaired) electrons. The molecule has 1 atom stereocenters. The Labute approximate surface area is 91.1 Å². The number of ether oxygens (including phenoxy) is 2. The van der Waals surface area contributed by atoms with Gasteiger partial charge in [-0.15, -0.1) is 0 Å². The lowest BCUT2D eigenvalue weighted by atomic mass is 10.2. The van der Waals surface area contributed by atoms with Crippen LogP contribution in [-0.4, -0.2) is 24.4 Å². The minimum absolute atomic E-state index is 0.0836. The van der Waals surface area contributed by atoms with E-state index >= 15 is 0 Å². The topological polar surface area (TPSA) is 38.7 Å². The summed E-state index contributed by atoms with van der Waals surface area (Å²) in [6.45, 7) is 0.237. The van der Waals surface area contributed by atoms with Crippen molar-refractivity contribution in [2.75, 3.05) is 13.2 Å². The zero-order valence-electron chi connectivity index (χ0n) is 7.17. The largest absolute Gasteiger partial charge is 0.486 e. The van der Waals surface area contributed by atoms with Crippen molar-refractivity contribution in [3.05, 3.63) is 22.2 Å². The molecule has 14 heavy (non-hydrogen) atoms. The van der Waals surface area contributed by atoms with E-state index in [9.17, 15) is 0 Å². The SMILES string of the molecule is OC[C@H]1COc2cc(Cl)c(Cl)cc2O1. The summed E-state index contributed by atoms with van der Waals surface area (Å²) in [5.74, 6) is 1.08. The van der Waals surface area contributed by atoms with Crippen molar-refractivity contribution >= 4 is 23.2 Å². The average Bonchev–Trinajstić information content (AvgIpc) is 2.19. The van der Waals surface area contributed by atoms with E-state index in [1.807, 2.05) is 0 Å². The van der Waals surface area contributed by atoms with Gasteiger partial charge < -0.3 is 14.6 Å². The molecule has 0 unspecified atom stereocenters. The Morgan fingerprint density at radius 3 is 2.57 bits per heavy atom. The quantitative estimate of drug-likeness (QED) is 0.810. The van der Waals surface area contributed by atoms with Crippen LogP contribution in [-0.2, 0) is 0 Å². The molecule has 0 bridgehead atoms. The van der Waals surface area contributed by atoms with Gasteiger partial charge in [0.25, 0.3) is 0 Å². The maximum atomic E-state index is 8.88. The molecule has 1 aliphatic heterocycles. The van der Waals surface area contributed by atoms with Crippen molar-refractivity contribution in [1.29, 1.82) is 0 Å². The summed E-state index contributed by atoms with van der Waals surface area (Å²) in [5.41, 5.74) is 0. The Kier molecular flexibility index (Phi) is 2.72. The Hall–Kier alpha value is -0.640. The molecule has 0 spiro atoms. The third kappa shape index (κ3) is 1.75. The standard InChI is InChI=1S/C9H8Cl2O3/c10-6-1-8-9(2-7(6)11)14-5(3-12)4-13-8/h1-2,5,12H,3-4H2/t5-/m0/s1. The molecular formula is C9H8Cl2O3. The highest BCUT2D eigenvalue weighted by Crippen LogP contribution is 2.38. The molecular weight excluding hydrogens is 227 g/mol. The molecule has 0 saturated heterocycles. The number of rotatable bonds is 1. The Bertz CT molecular complexity index is 354. The summed E-state index contributed by atoms with van der Waals surface area (Å²) in [6.07, 6.45) is -0.334. The van der Waals surface area contributed by atoms with E-state index in [1.165, 1.54) is 0 Å². The fraction of sp³-hybridized carbons (Fsp3) is 0.333. The van der Waals surface area contributed by atoms with Crippen LogP contribution in [0, 0.1) is 0 Å². The first-order valence-corrected chi connectivity index (χ1v) is 4.85. The second kappa shape index (κ2) is 3.85. The summed E-state index contributed by atoms with van der Waals surface area (Å²) in [6, 6.07) is 3.19. The molecule has 2 rings (SSSR count). The average molecular weight is 235 g/mol. The van der Waals surface area contributed by atoms with Gasteiger partial charge in [0.2, 0.25) is 0 Å². The zero-order valence-corrected chi connectivity index (χ0v) is 8.68. The highest BCUT2D eigenvalue weighted by molar-refractivity contribution is 6.42. The molecule has 0 fully saturated rings. The van der Waals surface area contributed by atoms with Crippen LogP contribution in [0.5, 0.6) is 11.5 Å². The highest BCUT2D eigenvalue weighted by atomic mass is 35.5. The van der Waals surface area contributed by atoms with Crippen LogP contribution in [0.3, 0.4) is 0 Å². The lowest BCUT2D eigenvalue weighted by molar-refractivity contribution is 0.0457. The minimum atomic E-state index is -0.334. The first kappa shape index (κ1) is 9.90. The highest BCUT2D eigenvalue weighted by Gasteiger charge is 2.21. The van der Waals surface area contributed by atoms with Gasteiger partial charge in [0.1, 0.15) is 6.61 Å². The summed E-state index contributed by atoms with van der Waals surface area (Å²) in [7, 11) is 0. The molecule has 0 aromatic heterocycles. The number of halogens is 2. The number of hydrogen-bond donors (Lipinski definition) is 1. The van der Waals surface area contributed by atoms with Crippen LogP contribution in [0.4, 0.5) is 0 Å². The van der Waals surface area contributed by atoms with Gasteiger partial charge in [0, 0.05) is 12.1 Å². The molecule has 0 saturated carbocycles. The van der Waals surface area contributed by atoms with Crippen LogP contribution in [0.1, 0.15) is 0 Å². The Balaban J connectivity index is 2.33. The third-order valence-electron chi connectivity index (χ3n) is 1.91. The van der Waals surface area contributed by atoms with E-state index in [1.54, 1.807) is 12.1 Å². The number of aliphatic hydroxyl groups is 1. The summed E-state index contributed by atoms with van der Waals surface area (Å²) < 4.78 is 10.7. The Morgan fingerprint density at radius 1 is 1.29 bits per heavy atom. The number of fused-ring (bicyclic) bond motifs is 1. The first-order valence-electron chi connectivity index (χ1n) is 4.10. The van der Waals surface area contributed by atoms with Gasteiger partial charge >= 0.3 is 0 Å². The third-order valence-corrected chi connectivity index (χ3v) is 2.63. The van der Waals surface area contributed by atoms with Crippen LogP contribution >= 0.6 is 23.2 Å². The van der Waals surface area contributed by atoms with E-state index in [2.05, 4.69) is 0 Å². The van der Waals surface area contributed by atoms with Gasteiger partial charge in [-0.05, 0) is 0 Å². The summed E-state index contributed by atoms with van der Waals surface area (Å²) >= 11 is 11.6. The maximum Gasteiger partial charge on any atom is 0.163 e. The van der Waals surface area contributed by atoms with Crippen molar-refractivity contribution < 1.29 is 14.6 Å². The van der Waals surface area contributed by atoms with E-state index in [-0.39, 0.29) is 12.7 Å². The first-order chi connectivity index (χ1) is 6.70. The fourth-order valence-corrected chi connectivity index (χ4v) is 1.51. The van der Waals surface area contributed by atoms with E-state index in [0.717, 1.165) is 0 Å². The van der Waals surface area contributed by atoms with Crippen LogP contribution in [0.25, 0.3) is 0 Å². The zero-order chi connectivity index (χ0) is 10.1. The predicted molar refractivity (Wildman–Crippen MR) is 53.5 cm³/mol. The number of benzene rings is 1. The minimum Gasteiger partial charge on any atom is -0.486 e. The second-order valence-corrected chi connectivity index (χ2v) is 3.76. The van der Waals surface area contributed by atoms with E-state index in [0.29, 0.717) is 28.2 Å². The monoisotopic (exact) mass is 234 g/mol. The molecule has 3 nitrogen and oxygen atoms in total. The molecule has 5 heteroatoms. The normalized spacial score (nSPS) is 19.5. The summed E-state index contributed by atoms with van der Waals surface area (Å²) in [5, 5.41) is 9.71. The van der Waals surface area contributed by atoms with Crippen molar-refractivity contribution in [3.8, 4) is 11.5 Å². The van der Waals surface area contributed by atoms with Crippen molar-refractivity contribution in [2.24, 2.45) is 0 Å². The van der Waals surface area contributed by atoms with Gasteiger partial charge in [-0.25, -0.2) is 0 Å². The van der Waals surface area contributed by atoms with E-state index in [4.69, 9.17) is 37.8 Å². The van der Waals surface area contributed by atoms with Crippen LogP contribution in [0.2, 0.25) is 10.0 Å². The molecule has 0 amide bonds. The van der Waals surface area contributed by atoms with Crippen molar-refractivity contribution in [1.82, 2.24) is 0 Å². The number of aliphatic hydroxyl groups excluding tert-OH is 1. The smallest absolute Gasteiger partial charge is 0.163 e. The molecule has 1 heterocycles.